The number of rotatable bonds is 11. The van der Waals surface area contributed by atoms with Crippen LogP contribution < -0.4 is 15.8 Å². The van der Waals surface area contributed by atoms with Gasteiger partial charge in [0.15, 0.2) is 0 Å². The molecule has 0 spiro atoms. The van der Waals surface area contributed by atoms with Gasteiger partial charge in [-0.1, -0.05) is 30.9 Å². The van der Waals surface area contributed by atoms with Gasteiger partial charge in [-0.15, -0.1) is 0 Å². The fraction of sp³-hybridized carbons (Fsp3) is 0.600. The maximum absolute atomic E-state index is 11.8. The molecule has 0 fully saturated rings. The monoisotopic (exact) mass is 377 g/mol. The van der Waals surface area contributed by atoms with Crippen LogP contribution in [0.3, 0.4) is 0 Å². The van der Waals surface area contributed by atoms with Crippen LogP contribution >= 0.6 is 0 Å². The molecule has 2 aromatic rings. The summed E-state index contributed by atoms with van der Waals surface area (Å²) in [5.41, 5.74) is 1.53. The molecule has 0 amide bonds. The minimum atomic E-state index is -0.573. The summed E-state index contributed by atoms with van der Waals surface area (Å²) < 4.78 is 16.4. The maximum Gasteiger partial charge on any atom is 0.444 e. The lowest BCUT2D eigenvalue weighted by Gasteiger charge is -2.23. The van der Waals surface area contributed by atoms with Crippen LogP contribution in [0.5, 0.6) is 6.08 Å². The molecular weight excluding hydrogens is 346 g/mol. The van der Waals surface area contributed by atoms with Gasteiger partial charge in [0.25, 0.3) is 0 Å². The Kier molecular flexibility index (Phi) is 7.47. The van der Waals surface area contributed by atoms with Crippen molar-refractivity contribution < 1.29 is 13.9 Å². The first kappa shape index (κ1) is 21.0. The first-order chi connectivity index (χ1) is 12.8. The summed E-state index contributed by atoms with van der Waals surface area (Å²) in [5, 5.41) is 7.40. The van der Waals surface area contributed by atoms with Gasteiger partial charge in [-0.05, 0) is 50.8 Å². The number of nitrogens with zero attached hydrogens (tertiary/aromatic N) is 2. The molecule has 0 aliphatic rings. The molecule has 1 unspecified atom stereocenters. The summed E-state index contributed by atoms with van der Waals surface area (Å²) in [5.74, 6) is 0.0624. The standard InChI is InChI=1S/C20H31N3O4/c1-15(8-7-12-20(2,3)26-5)11-13-21-16-9-6-10-17(14-16)23-19(24)27-18(22-23)25-4/h6,9-10,14-15,21H,7-8,11-13H2,1-5H3. The second kappa shape index (κ2) is 9.60. The van der Waals surface area contributed by atoms with Gasteiger partial charge in [-0.25, -0.2) is 4.79 Å². The zero-order chi connectivity index (χ0) is 19.9. The van der Waals surface area contributed by atoms with E-state index >= 15 is 0 Å². The van der Waals surface area contributed by atoms with Crippen LogP contribution in [-0.2, 0) is 4.74 Å². The topological polar surface area (TPSA) is 78.5 Å². The van der Waals surface area contributed by atoms with Crippen molar-refractivity contribution in [2.75, 3.05) is 26.1 Å². The molecule has 7 nitrogen and oxygen atoms in total. The van der Waals surface area contributed by atoms with Crippen molar-refractivity contribution in [3.63, 3.8) is 0 Å². The third-order valence-corrected chi connectivity index (χ3v) is 4.79. The van der Waals surface area contributed by atoms with Crippen LogP contribution in [0.4, 0.5) is 5.69 Å². The Hall–Kier alpha value is -2.28. The lowest BCUT2D eigenvalue weighted by molar-refractivity contribution is 0.0127. The highest BCUT2D eigenvalue weighted by Crippen LogP contribution is 2.21. The molecule has 1 aromatic carbocycles. The summed E-state index contributed by atoms with van der Waals surface area (Å²) in [6, 6.07) is 7.52. The molecule has 0 aliphatic carbocycles. The van der Waals surface area contributed by atoms with Crippen molar-refractivity contribution in [2.24, 2.45) is 5.92 Å². The van der Waals surface area contributed by atoms with Gasteiger partial charge < -0.3 is 19.2 Å². The average Bonchev–Trinajstić information content (AvgIpc) is 3.03. The van der Waals surface area contributed by atoms with E-state index in [2.05, 4.69) is 31.2 Å². The molecule has 0 saturated heterocycles. The number of ether oxygens (including phenoxy) is 2. The van der Waals surface area contributed by atoms with Gasteiger partial charge >= 0.3 is 11.8 Å². The summed E-state index contributed by atoms with van der Waals surface area (Å²) in [6.07, 6.45) is 4.44. The number of hydrogen-bond donors (Lipinski definition) is 1. The zero-order valence-corrected chi connectivity index (χ0v) is 16.9. The Morgan fingerprint density at radius 2 is 2.07 bits per heavy atom. The van der Waals surface area contributed by atoms with E-state index in [1.54, 1.807) is 13.2 Å². The fourth-order valence-corrected chi connectivity index (χ4v) is 2.84. The van der Waals surface area contributed by atoms with Gasteiger partial charge in [0.2, 0.25) is 0 Å². The van der Waals surface area contributed by atoms with E-state index in [-0.39, 0.29) is 11.7 Å². The van der Waals surface area contributed by atoms with Crippen molar-refractivity contribution in [3.8, 4) is 11.8 Å². The fourth-order valence-electron chi connectivity index (χ4n) is 2.84. The van der Waals surface area contributed by atoms with E-state index < -0.39 is 5.76 Å². The predicted molar refractivity (Wildman–Crippen MR) is 106 cm³/mol. The summed E-state index contributed by atoms with van der Waals surface area (Å²) in [4.78, 5) is 11.8. The van der Waals surface area contributed by atoms with Crippen LogP contribution in [-0.4, -0.2) is 36.1 Å². The van der Waals surface area contributed by atoms with E-state index in [1.165, 1.54) is 18.2 Å². The number of aromatic nitrogens is 2. The van der Waals surface area contributed by atoms with E-state index in [9.17, 15) is 4.79 Å². The number of anilines is 1. The quantitative estimate of drug-likeness (QED) is 0.640. The summed E-state index contributed by atoms with van der Waals surface area (Å²) in [6.45, 7) is 7.40. The van der Waals surface area contributed by atoms with Crippen LogP contribution in [0.15, 0.2) is 33.5 Å². The van der Waals surface area contributed by atoms with Gasteiger partial charge in [-0.2, -0.15) is 4.68 Å². The van der Waals surface area contributed by atoms with E-state index in [4.69, 9.17) is 13.9 Å². The number of methoxy groups -OCH3 is 2. The number of nitrogens with one attached hydrogen (secondary N) is 1. The SMILES string of the molecule is COc1nn(-c2cccc(NCCC(C)CCCC(C)(C)OC)c2)c(=O)o1. The average molecular weight is 377 g/mol. The van der Waals surface area contributed by atoms with Crippen molar-refractivity contribution in [2.45, 2.75) is 52.1 Å². The summed E-state index contributed by atoms with van der Waals surface area (Å²) in [7, 11) is 3.18. The van der Waals surface area contributed by atoms with Crippen LogP contribution in [0.25, 0.3) is 5.69 Å². The molecule has 0 saturated carbocycles. The van der Waals surface area contributed by atoms with E-state index in [0.29, 0.717) is 11.6 Å². The Balaban J connectivity index is 1.83. The number of benzene rings is 1. The highest BCUT2D eigenvalue weighted by Gasteiger charge is 2.16. The van der Waals surface area contributed by atoms with Gasteiger partial charge in [0.1, 0.15) is 0 Å². The first-order valence-electron chi connectivity index (χ1n) is 9.38. The Morgan fingerprint density at radius 1 is 1.30 bits per heavy atom. The van der Waals surface area contributed by atoms with Crippen molar-refractivity contribution in [1.82, 2.24) is 9.78 Å². The third kappa shape index (κ3) is 6.43. The van der Waals surface area contributed by atoms with Gasteiger partial charge in [0.05, 0.1) is 18.4 Å². The lowest BCUT2D eigenvalue weighted by Crippen LogP contribution is -2.22. The molecule has 1 aromatic heterocycles. The predicted octanol–water partition coefficient (Wildman–Crippen LogP) is 3.87. The number of hydrogen-bond acceptors (Lipinski definition) is 6. The smallest absolute Gasteiger partial charge is 0.444 e. The highest BCUT2D eigenvalue weighted by molar-refractivity contribution is 5.50. The Labute approximate surface area is 160 Å². The highest BCUT2D eigenvalue weighted by atomic mass is 16.6. The summed E-state index contributed by atoms with van der Waals surface area (Å²) >= 11 is 0. The van der Waals surface area contributed by atoms with E-state index in [0.717, 1.165) is 31.5 Å². The maximum atomic E-state index is 11.8. The van der Waals surface area contributed by atoms with Crippen molar-refractivity contribution in [1.29, 1.82) is 0 Å². The molecular formula is C20H31N3O4. The van der Waals surface area contributed by atoms with Gasteiger partial charge in [0, 0.05) is 19.3 Å². The van der Waals surface area contributed by atoms with Crippen molar-refractivity contribution in [3.05, 3.63) is 34.8 Å². The molecule has 0 bridgehead atoms. The second-order valence-electron chi connectivity index (χ2n) is 7.48. The molecule has 27 heavy (non-hydrogen) atoms. The molecule has 1 N–H and O–H groups in total. The minimum Gasteiger partial charge on any atom is -0.452 e. The van der Waals surface area contributed by atoms with Crippen LogP contribution in [0, 0.1) is 5.92 Å². The Morgan fingerprint density at radius 3 is 2.74 bits per heavy atom. The van der Waals surface area contributed by atoms with Gasteiger partial charge in [-0.3, -0.25) is 0 Å². The van der Waals surface area contributed by atoms with E-state index in [1.807, 2.05) is 18.2 Å². The van der Waals surface area contributed by atoms with Crippen LogP contribution in [0.2, 0.25) is 0 Å². The normalized spacial score (nSPS) is 12.8. The minimum absolute atomic E-state index is 0.0414. The molecule has 2 rings (SSSR count). The second-order valence-corrected chi connectivity index (χ2v) is 7.48. The van der Waals surface area contributed by atoms with Crippen LogP contribution in [0.1, 0.15) is 46.5 Å². The molecule has 150 valence electrons. The molecule has 1 heterocycles. The Bertz CT molecular complexity index is 767. The van der Waals surface area contributed by atoms with Crippen molar-refractivity contribution >= 4 is 5.69 Å². The molecule has 1 atom stereocenters. The largest absolute Gasteiger partial charge is 0.452 e. The molecule has 0 radical (unpaired) electrons. The molecule has 0 aliphatic heterocycles. The third-order valence-electron chi connectivity index (χ3n) is 4.79. The first-order valence-corrected chi connectivity index (χ1v) is 9.38. The zero-order valence-electron chi connectivity index (χ0n) is 16.9. The molecule has 7 heteroatoms. The lowest BCUT2D eigenvalue weighted by atomic mass is 9.95.